The third-order valence-corrected chi connectivity index (χ3v) is 7.28. The van der Waals surface area contributed by atoms with Crippen LogP contribution in [0.2, 0.25) is 0 Å². The molecule has 1 aliphatic rings. The number of sulfonamides is 1. The number of furan rings is 1. The third-order valence-electron chi connectivity index (χ3n) is 4.45. The van der Waals surface area contributed by atoms with Crippen molar-refractivity contribution in [2.45, 2.75) is 25.5 Å². The fourth-order valence-electron chi connectivity index (χ4n) is 2.99. The van der Waals surface area contributed by atoms with E-state index in [0.29, 0.717) is 30.8 Å². The second kappa shape index (κ2) is 8.84. The minimum absolute atomic E-state index is 0.162. The maximum Gasteiger partial charge on any atom is 0.251 e. The van der Waals surface area contributed by atoms with Crippen LogP contribution < -0.4 is 9.62 Å². The molecule has 27 heavy (non-hydrogen) atoms. The van der Waals surface area contributed by atoms with Crippen molar-refractivity contribution in [1.82, 2.24) is 5.32 Å². The standard InChI is InChI=1S/C19H24N2O4S2/c1-15-6-7-16(13-18(15)21-9-2-3-12-27(21,23)24)19(22)20-8-11-26-14-17-5-4-10-25-17/h4-7,10,13H,2-3,8-9,11-12,14H2,1H3,(H,20,22). The maximum atomic E-state index is 12.4. The van der Waals surface area contributed by atoms with Crippen LogP contribution in [-0.4, -0.2) is 38.9 Å². The summed E-state index contributed by atoms with van der Waals surface area (Å²) in [7, 11) is -3.30. The molecule has 0 aliphatic carbocycles. The second-order valence-corrected chi connectivity index (χ2v) is 9.60. The summed E-state index contributed by atoms with van der Waals surface area (Å²) >= 11 is 1.68. The van der Waals surface area contributed by atoms with E-state index in [9.17, 15) is 13.2 Å². The molecule has 1 fully saturated rings. The fraction of sp³-hybridized carbons (Fsp3) is 0.421. The van der Waals surface area contributed by atoms with Crippen molar-refractivity contribution in [2.75, 3.05) is 28.9 Å². The molecule has 0 atom stereocenters. The molecule has 0 bridgehead atoms. The van der Waals surface area contributed by atoms with Crippen LogP contribution in [0.5, 0.6) is 0 Å². The topological polar surface area (TPSA) is 79.6 Å². The highest BCUT2D eigenvalue weighted by Crippen LogP contribution is 2.28. The van der Waals surface area contributed by atoms with E-state index >= 15 is 0 Å². The Labute approximate surface area is 164 Å². The van der Waals surface area contributed by atoms with Gasteiger partial charge in [0, 0.05) is 24.4 Å². The number of rotatable bonds is 7. The highest BCUT2D eigenvalue weighted by Gasteiger charge is 2.27. The molecular weight excluding hydrogens is 384 g/mol. The van der Waals surface area contributed by atoms with E-state index in [1.807, 2.05) is 19.1 Å². The van der Waals surface area contributed by atoms with Gasteiger partial charge in [0.2, 0.25) is 10.0 Å². The van der Waals surface area contributed by atoms with Gasteiger partial charge in [0.25, 0.3) is 5.91 Å². The molecule has 1 aliphatic heterocycles. The zero-order chi connectivity index (χ0) is 19.3. The molecule has 1 N–H and O–H groups in total. The molecule has 6 nitrogen and oxygen atoms in total. The van der Waals surface area contributed by atoms with Crippen LogP contribution in [0.3, 0.4) is 0 Å². The molecule has 2 aromatic rings. The first-order chi connectivity index (χ1) is 13.0. The van der Waals surface area contributed by atoms with Crippen LogP contribution in [0.1, 0.15) is 34.5 Å². The van der Waals surface area contributed by atoms with Crippen LogP contribution in [-0.2, 0) is 15.8 Å². The van der Waals surface area contributed by atoms with Gasteiger partial charge in [-0.15, -0.1) is 0 Å². The van der Waals surface area contributed by atoms with Crippen LogP contribution in [0.25, 0.3) is 0 Å². The lowest BCUT2D eigenvalue weighted by atomic mass is 10.1. The van der Waals surface area contributed by atoms with E-state index in [2.05, 4.69) is 5.32 Å². The minimum Gasteiger partial charge on any atom is -0.468 e. The maximum absolute atomic E-state index is 12.4. The van der Waals surface area contributed by atoms with E-state index in [-0.39, 0.29) is 11.7 Å². The number of benzene rings is 1. The van der Waals surface area contributed by atoms with Crippen molar-refractivity contribution in [2.24, 2.45) is 0 Å². The molecule has 1 amide bonds. The van der Waals surface area contributed by atoms with E-state index < -0.39 is 10.0 Å². The van der Waals surface area contributed by atoms with Crippen molar-refractivity contribution in [3.8, 4) is 0 Å². The Morgan fingerprint density at radius 2 is 2.15 bits per heavy atom. The van der Waals surface area contributed by atoms with E-state index in [0.717, 1.165) is 29.3 Å². The van der Waals surface area contributed by atoms with Gasteiger partial charge in [-0.05, 0) is 49.6 Å². The van der Waals surface area contributed by atoms with Gasteiger partial charge in [-0.25, -0.2) is 8.42 Å². The van der Waals surface area contributed by atoms with Crippen molar-refractivity contribution in [1.29, 1.82) is 0 Å². The number of carbonyl (C=O) groups is 1. The van der Waals surface area contributed by atoms with Crippen LogP contribution in [0, 0.1) is 6.92 Å². The largest absolute Gasteiger partial charge is 0.468 e. The molecule has 1 aromatic heterocycles. The molecule has 0 spiro atoms. The van der Waals surface area contributed by atoms with Gasteiger partial charge in [-0.2, -0.15) is 11.8 Å². The van der Waals surface area contributed by atoms with Gasteiger partial charge in [0.15, 0.2) is 0 Å². The molecule has 146 valence electrons. The third kappa shape index (κ3) is 5.07. The smallest absolute Gasteiger partial charge is 0.251 e. The molecule has 1 aromatic carbocycles. The van der Waals surface area contributed by atoms with Gasteiger partial charge < -0.3 is 9.73 Å². The van der Waals surface area contributed by atoms with Crippen LogP contribution in [0.4, 0.5) is 5.69 Å². The summed E-state index contributed by atoms with van der Waals surface area (Å²) in [5, 5.41) is 2.89. The first-order valence-corrected chi connectivity index (χ1v) is 11.7. The molecule has 0 unspecified atom stereocenters. The summed E-state index contributed by atoms with van der Waals surface area (Å²) in [6, 6.07) is 9.01. The average molecular weight is 409 g/mol. The summed E-state index contributed by atoms with van der Waals surface area (Å²) in [6.45, 7) is 2.87. The summed E-state index contributed by atoms with van der Waals surface area (Å²) in [6.07, 6.45) is 3.17. The zero-order valence-corrected chi connectivity index (χ0v) is 16.9. The second-order valence-electron chi connectivity index (χ2n) is 6.48. The van der Waals surface area contributed by atoms with Crippen molar-refractivity contribution in [3.63, 3.8) is 0 Å². The van der Waals surface area contributed by atoms with Crippen molar-refractivity contribution >= 4 is 33.4 Å². The predicted octanol–water partition coefficient (Wildman–Crippen LogP) is 3.18. The highest BCUT2D eigenvalue weighted by atomic mass is 32.2. The number of nitrogens with zero attached hydrogens (tertiary/aromatic N) is 1. The van der Waals surface area contributed by atoms with Gasteiger partial charge in [-0.3, -0.25) is 9.10 Å². The van der Waals surface area contributed by atoms with Gasteiger partial charge in [0.05, 0.1) is 23.5 Å². The number of carbonyl (C=O) groups excluding carboxylic acids is 1. The zero-order valence-electron chi connectivity index (χ0n) is 15.3. The highest BCUT2D eigenvalue weighted by molar-refractivity contribution is 7.98. The molecule has 3 rings (SSSR count). The molecule has 0 radical (unpaired) electrons. The summed E-state index contributed by atoms with van der Waals surface area (Å²) < 4.78 is 31.5. The number of thioether (sulfide) groups is 1. The number of nitrogens with one attached hydrogen (secondary N) is 1. The van der Waals surface area contributed by atoms with E-state index in [4.69, 9.17) is 4.42 Å². The number of hydrogen-bond acceptors (Lipinski definition) is 5. The average Bonchev–Trinajstić information content (AvgIpc) is 3.15. The first kappa shape index (κ1) is 19.8. The van der Waals surface area contributed by atoms with E-state index in [1.165, 1.54) is 4.31 Å². The summed E-state index contributed by atoms with van der Waals surface area (Å²) in [5.74, 6) is 2.42. The Morgan fingerprint density at radius 3 is 2.89 bits per heavy atom. The summed E-state index contributed by atoms with van der Waals surface area (Å²) in [4.78, 5) is 12.4. The lowest BCUT2D eigenvalue weighted by Crippen LogP contribution is -2.38. The van der Waals surface area contributed by atoms with Crippen molar-refractivity contribution in [3.05, 3.63) is 53.5 Å². The molecule has 1 saturated heterocycles. The number of anilines is 1. The molecule has 0 saturated carbocycles. The Hall–Kier alpha value is -1.93. The van der Waals surface area contributed by atoms with Crippen molar-refractivity contribution < 1.29 is 17.6 Å². The number of amides is 1. The summed E-state index contributed by atoms with van der Waals surface area (Å²) in [5.41, 5.74) is 1.94. The molecular formula is C19H24N2O4S2. The first-order valence-electron chi connectivity index (χ1n) is 8.97. The predicted molar refractivity (Wildman–Crippen MR) is 109 cm³/mol. The number of aryl methyl sites for hydroxylation is 1. The SMILES string of the molecule is Cc1ccc(C(=O)NCCSCc2ccco2)cc1N1CCCCS1(=O)=O. The van der Waals surface area contributed by atoms with Crippen LogP contribution in [0.15, 0.2) is 41.0 Å². The lowest BCUT2D eigenvalue weighted by molar-refractivity contribution is 0.0956. The van der Waals surface area contributed by atoms with Gasteiger partial charge >= 0.3 is 0 Å². The van der Waals surface area contributed by atoms with Gasteiger partial charge in [-0.1, -0.05) is 6.07 Å². The normalized spacial score (nSPS) is 16.3. The monoisotopic (exact) mass is 408 g/mol. The van der Waals surface area contributed by atoms with E-state index in [1.54, 1.807) is 36.2 Å². The lowest BCUT2D eigenvalue weighted by Gasteiger charge is -2.29. The molecule has 2 heterocycles. The minimum atomic E-state index is -3.30. The quantitative estimate of drug-likeness (QED) is 0.712. The van der Waals surface area contributed by atoms with Gasteiger partial charge in [0.1, 0.15) is 5.76 Å². The molecule has 8 heteroatoms. The fourth-order valence-corrected chi connectivity index (χ4v) is 5.43. The Kier molecular flexibility index (Phi) is 6.49. The number of hydrogen-bond donors (Lipinski definition) is 1. The Balaban J connectivity index is 1.58. The van der Waals surface area contributed by atoms with Crippen LogP contribution >= 0.6 is 11.8 Å². The Bertz CT molecular complexity index is 879. The Morgan fingerprint density at radius 1 is 1.30 bits per heavy atom.